The third kappa shape index (κ3) is 3.33. The van der Waals surface area contributed by atoms with Crippen molar-refractivity contribution in [3.63, 3.8) is 0 Å². The van der Waals surface area contributed by atoms with Crippen LogP contribution in [0.1, 0.15) is 26.9 Å². The largest absolute Gasteiger partial charge is 0.416 e. The zero-order valence-electron chi connectivity index (χ0n) is 9.76. The van der Waals surface area contributed by atoms with E-state index < -0.39 is 17.1 Å². The van der Waals surface area contributed by atoms with Crippen LogP contribution in [-0.2, 0) is 6.18 Å². The average Bonchev–Trinajstić information content (AvgIpc) is 2.66. The molecule has 0 spiro atoms. The van der Waals surface area contributed by atoms with E-state index in [9.17, 15) is 13.2 Å². The van der Waals surface area contributed by atoms with Gasteiger partial charge in [-0.3, -0.25) is 0 Å². The highest BCUT2D eigenvalue weighted by molar-refractivity contribution is 9.11. The Morgan fingerprint density at radius 3 is 2.47 bits per heavy atom. The van der Waals surface area contributed by atoms with Crippen molar-refractivity contribution in [2.45, 2.75) is 18.5 Å². The summed E-state index contributed by atoms with van der Waals surface area (Å²) in [4.78, 5) is 0.990. The van der Waals surface area contributed by atoms with E-state index in [1.165, 1.54) is 17.4 Å². The summed E-state index contributed by atoms with van der Waals surface area (Å²) in [7, 11) is 0. The SMILES string of the molecule is Cc1sc(Br)cc1C(Cl)c1cccc(C(F)(F)F)c1. The summed E-state index contributed by atoms with van der Waals surface area (Å²) in [6, 6.07) is 6.98. The Morgan fingerprint density at radius 2 is 1.95 bits per heavy atom. The van der Waals surface area contributed by atoms with Gasteiger partial charge in [-0.05, 0) is 52.2 Å². The molecule has 1 aromatic carbocycles. The molecule has 0 aliphatic heterocycles. The lowest BCUT2D eigenvalue weighted by atomic mass is 10.0. The Bertz CT molecular complexity index is 592. The van der Waals surface area contributed by atoms with Crippen LogP contribution in [0.2, 0.25) is 0 Å². The van der Waals surface area contributed by atoms with Crippen LogP contribution in [0.3, 0.4) is 0 Å². The van der Waals surface area contributed by atoms with Crippen molar-refractivity contribution in [3.8, 4) is 0 Å². The number of rotatable bonds is 2. The summed E-state index contributed by atoms with van der Waals surface area (Å²) in [6.07, 6.45) is -4.35. The molecule has 2 aromatic rings. The van der Waals surface area contributed by atoms with Gasteiger partial charge >= 0.3 is 6.18 Å². The molecular formula is C13H9BrClF3S. The van der Waals surface area contributed by atoms with Crippen LogP contribution in [0.25, 0.3) is 0 Å². The van der Waals surface area contributed by atoms with E-state index in [4.69, 9.17) is 11.6 Å². The number of benzene rings is 1. The van der Waals surface area contributed by atoms with Gasteiger partial charge in [0.1, 0.15) is 0 Å². The molecule has 19 heavy (non-hydrogen) atoms. The fraction of sp³-hybridized carbons (Fsp3) is 0.231. The summed E-state index contributed by atoms with van der Waals surface area (Å²) in [5, 5.41) is -0.579. The summed E-state index contributed by atoms with van der Waals surface area (Å²) >= 11 is 11.2. The van der Waals surface area contributed by atoms with Crippen LogP contribution in [0.15, 0.2) is 34.1 Å². The number of halogens is 5. The van der Waals surface area contributed by atoms with Gasteiger partial charge in [-0.15, -0.1) is 22.9 Å². The van der Waals surface area contributed by atoms with Gasteiger partial charge in [-0.2, -0.15) is 13.2 Å². The lowest BCUT2D eigenvalue weighted by molar-refractivity contribution is -0.137. The van der Waals surface area contributed by atoms with Gasteiger partial charge in [0.05, 0.1) is 14.7 Å². The monoisotopic (exact) mass is 368 g/mol. The predicted octanol–water partition coefficient (Wildman–Crippen LogP) is 6.17. The summed E-state index contributed by atoms with van der Waals surface area (Å²) in [6.45, 7) is 1.90. The highest BCUT2D eigenvalue weighted by Gasteiger charge is 2.31. The molecule has 0 N–H and O–H groups in total. The Morgan fingerprint density at radius 1 is 1.26 bits per heavy atom. The molecule has 0 aliphatic rings. The summed E-state index contributed by atoms with van der Waals surface area (Å²) < 4.78 is 38.9. The fourth-order valence-corrected chi connectivity index (χ4v) is 3.94. The van der Waals surface area contributed by atoms with Gasteiger partial charge in [-0.1, -0.05) is 12.1 Å². The molecule has 1 heterocycles. The van der Waals surface area contributed by atoms with Crippen LogP contribution >= 0.6 is 38.9 Å². The third-order valence-corrected chi connectivity index (χ3v) is 4.76. The van der Waals surface area contributed by atoms with E-state index >= 15 is 0 Å². The van der Waals surface area contributed by atoms with E-state index in [1.807, 2.05) is 13.0 Å². The molecule has 0 nitrogen and oxygen atoms in total. The van der Waals surface area contributed by atoms with Crippen molar-refractivity contribution in [2.24, 2.45) is 0 Å². The molecule has 1 aromatic heterocycles. The quantitative estimate of drug-likeness (QED) is 0.556. The van der Waals surface area contributed by atoms with Crippen molar-refractivity contribution in [2.75, 3.05) is 0 Å². The maximum Gasteiger partial charge on any atom is 0.416 e. The first-order chi connectivity index (χ1) is 8.79. The second-order valence-electron chi connectivity index (χ2n) is 4.05. The molecular weight excluding hydrogens is 361 g/mol. The lowest BCUT2D eigenvalue weighted by Gasteiger charge is -2.13. The topological polar surface area (TPSA) is 0 Å². The predicted molar refractivity (Wildman–Crippen MR) is 75.9 cm³/mol. The molecule has 1 atom stereocenters. The Kier molecular flexibility index (Phi) is 4.28. The summed E-state index contributed by atoms with van der Waals surface area (Å²) in [5.74, 6) is 0. The average molecular weight is 370 g/mol. The first-order valence-corrected chi connectivity index (χ1v) is 7.40. The van der Waals surface area contributed by atoms with Crippen LogP contribution < -0.4 is 0 Å². The van der Waals surface area contributed by atoms with Gasteiger partial charge in [0.25, 0.3) is 0 Å². The highest BCUT2D eigenvalue weighted by atomic mass is 79.9. The van der Waals surface area contributed by atoms with Crippen molar-refractivity contribution in [1.29, 1.82) is 0 Å². The van der Waals surface area contributed by atoms with Crippen LogP contribution in [0.4, 0.5) is 13.2 Å². The number of thiophene rings is 1. The van der Waals surface area contributed by atoms with E-state index in [0.29, 0.717) is 5.56 Å². The Hall–Kier alpha value is -0.520. The van der Waals surface area contributed by atoms with Crippen LogP contribution in [0.5, 0.6) is 0 Å². The van der Waals surface area contributed by atoms with Crippen LogP contribution in [0, 0.1) is 6.92 Å². The molecule has 0 fully saturated rings. The zero-order valence-corrected chi connectivity index (χ0v) is 12.9. The Balaban J connectivity index is 2.39. The van der Waals surface area contributed by atoms with E-state index in [-0.39, 0.29) is 0 Å². The third-order valence-electron chi connectivity index (χ3n) is 2.71. The van der Waals surface area contributed by atoms with E-state index in [2.05, 4.69) is 15.9 Å². The van der Waals surface area contributed by atoms with Gasteiger partial charge in [0, 0.05) is 4.88 Å². The highest BCUT2D eigenvalue weighted by Crippen LogP contribution is 2.39. The zero-order chi connectivity index (χ0) is 14.2. The van der Waals surface area contributed by atoms with Crippen molar-refractivity contribution in [1.82, 2.24) is 0 Å². The molecule has 0 bridgehead atoms. The van der Waals surface area contributed by atoms with Crippen LogP contribution in [-0.4, -0.2) is 0 Å². The van der Waals surface area contributed by atoms with Crippen molar-refractivity contribution >= 4 is 38.9 Å². The minimum absolute atomic E-state index is 0.449. The molecule has 6 heteroatoms. The van der Waals surface area contributed by atoms with Gasteiger partial charge < -0.3 is 0 Å². The van der Waals surface area contributed by atoms with Gasteiger partial charge in [-0.25, -0.2) is 0 Å². The number of alkyl halides is 4. The number of hydrogen-bond acceptors (Lipinski definition) is 1. The summed E-state index contributed by atoms with van der Waals surface area (Å²) in [5.41, 5.74) is 0.602. The second-order valence-corrected chi connectivity index (χ2v) is 7.12. The van der Waals surface area contributed by atoms with E-state index in [0.717, 1.165) is 26.4 Å². The van der Waals surface area contributed by atoms with E-state index in [1.54, 1.807) is 6.07 Å². The molecule has 102 valence electrons. The molecule has 1 unspecified atom stereocenters. The number of aryl methyl sites for hydroxylation is 1. The minimum atomic E-state index is -4.35. The fourth-order valence-electron chi connectivity index (χ4n) is 1.76. The van der Waals surface area contributed by atoms with Gasteiger partial charge in [0.2, 0.25) is 0 Å². The lowest BCUT2D eigenvalue weighted by Crippen LogP contribution is -2.06. The standard InChI is InChI=1S/C13H9BrClF3S/c1-7-10(6-11(14)19-7)12(15)8-3-2-4-9(5-8)13(16,17)18/h2-6,12H,1H3. The molecule has 0 amide bonds. The second kappa shape index (κ2) is 5.46. The smallest absolute Gasteiger partial charge is 0.166 e. The van der Waals surface area contributed by atoms with Crippen molar-refractivity contribution in [3.05, 3.63) is 55.7 Å². The first kappa shape index (κ1) is 14.9. The molecule has 0 saturated carbocycles. The molecule has 0 aliphatic carbocycles. The maximum atomic E-state index is 12.7. The maximum absolute atomic E-state index is 12.7. The molecule has 0 saturated heterocycles. The molecule has 0 radical (unpaired) electrons. The normalized spacial score (nSPS) is 13.6. The number of hydrogen-bond donors (Lipinski definition) is 0. The first-order valence-electron chi connectivity index (χ1n) is 5.36. The molecule has 2 rings (SSSR count). The minimum Gasteiger partial charge on any atom is -0.166 e. The van der Waals surface area contributed by atoms with Crippen molar-refractivity contribution < 1.29 is 13.2 Å². The Labute approximate surface area is 126 Å². The van der Waals surface area contributed by atoms with Gasteiger partial charge in [0.15, 0.2) is 0 Å².